The number of nitrogens with one attached hydrogen (secondary N) is 1. The molecule has 0 unspecified atom stereocenters. The van der Waals surface area contributed by atoms with Crippen LogP contribution < -0.4 is 5.32 Å². The van der Waals surface area contributed by atoms with Gasteiger partial charge in [-0.25, -0.2) is 9.78 Å². The van der Waals surface area contributed by atoms with Gasteiger partial charge in [-0.3, -0.25) is 0 Å². The van der Waals surface area contributed by atoms with Crippen LogP contribution in [-0.2, 0) is 6.42 Å². The van der Waals surface area contributed by atoms with Crippen LogP contribution in [0.2, 0.25) is 0 Å². The van der Waals surface area contributed by atoms with Gasteiger partial charge < -0.3 is 15.3 Å². The first-order chi connectivity index (χ1) is 8.04. The molecule has 0 fully saturated rings. The van der Waals surface area contributed by atoms with E-state index >= 15 is 0 Å². The molecular weight excluding hydrogens is 238 g/mol. The van der Waals surface area contributed by atoms with Gasteiger partial charge in [-0.2, -0.15) is 0 Å². The van der Waals surface area contributed by atoms with Gasteiger partial charge in [0.05, 0.1) is 17.3 Å². The van der Waals surface area contributed by atoms with E-state index in [-0.39, 0.29) is 12.6 Å². The lowest BCUT2D eigenvalue weighted by molar-refractivity contribution is 0.190. The summed E-state index contributed by atoms with van der Waals surface area (Å²) in [7, 11) is 1.66. The predicted octanol–water partition coefficient (Wildman–Crippen LogP) is 0.936. The summed E-state index contributed by atoms with van der Waals surface area (Å²) in [5, 5.41) is 12.5. The molecule has 1 rings (SSSR count). The molecule has 6 heteroatoms. The molecule has 0 atom stereocenters. The second kappa shape index (κ2) is 6.56. The third-order valence-electron chi connectivity index (χ3n) is 2.47. The van der Waals surface area contributed by atoms with E-state index in [1.54, 1.807) is 18.4 Å². The molecule has 0 radical (unpaired) electrons. The Bertz CT molecular complexity index is 359. The van der Waals surface area contributed by atoms with Crippen molar-refractivity contribution in [3.63, 3.8) is 0 Å². The number of hydrogen-bond donors (Lipinski definition) is 2. The summed E-state index contributed by atoms with van der Waals surface area (Å²) in [6.45, 7) is 4.93. The number of urea groups is 1. The molecule has 2 N–H and O–H groups in total. The van der Waals surface area contributed by atoms with Gasteiger partial charge >= 0.3 is 6.03 Å². The van der Waals surface area contributed by atoms with Crippen LogP contribution in [0.5, 0.6) is 0 Å². The Morgan fingerprint density at radius 2 is 2.24 bits per heavy atom. The van der Waals surface area contributed by atoms with Crippen molar-refractivity contribution in [3.8, 4) is 0 Å². The molecule has 0 aliphatic heterocycles. The number of aromatic nitrogens is 1. The number of aryl methyl sites for hydroxylation is 2. The Morgan fingerprint density at radius 1 is 1.53 bits per heavy atom. The van der Waals surface area contributed by atoms with Gasteiger partial charge in [0, 0.05) is 31.4 Å². The summed E-state index contributed by atoms with van der Waals surface area (Å²) in [6, 6.07) is -0.163. The minimum Gasteiger partial charge on any atom is -0.395 e. The first-order valence-corrected chi connectivity index (χ1v) is 6.39. The minimum absolute atomic E-state index is 0.0191. The fourth-order valence-electron chi connectivity index (χ4n) is 1.31. The standard InChI is InChI=1S/C11H19N3O2S/c1-8-9(2)17-10(13-8)4-5-12-11(16)14(3)6-7-15/h15H,4-7H2,1-3H3,(H,12,16). The van der Waals surface area contributed by atoms with Crippen LogP contribution in [-0.4, -0.2) is 47.8 Å². The predicted molar refractivity (Wildman–Crippen MR) is 68.4 cm³/mol. The third kappa shape index (κ3) is 4.32. The Labute approximate surface area is 105 Å². The molecule has 1 aromatic heterocycles. The Hall–Kier alpha value is -1.14. The van der Waals surface area contributed by atoms with Crippen LogP contribution in [0.1, 0.15) is 15.6 Å². The number of thiazole rings is 1. The summed E-state index contributed by atoms with van der Waals surface area (Å²) in [4.78, 5) is 18.6. The quantitative estimate of drug-likeness (QED) is 0.825. The van der Waals surface area contributed by atoms with Gasteiger partial charge in [-0.05, 0) is 13.8 Å². The number of carbonyl (C=O) groups excluding carboxylic acids is 1. The Morgan fingerprint density at radius 3 is 2.76 bits per heavy atom. The highest BCUT2D eigenvalue weighted by molar-refractivity contribution is 7.11. The van der Waals surface area contributed by atoms with E-state index < -0.39 is 0 Å². The summed E-state index contributed by atoms with van der Waals surface area (Å²) < 4.78 is 0. The second-order valence-corrected chi connectivity index (χ2v) is 5.16. The fourth-order valence-corrected chi connectivity index (χ4v) is 2.24. The van der Waals surface area contributed by atoms with Crippen molar-refractivity contribution in [2.45, 2.75) is 20.3 Å². The number of rotatable bonds is 5. The lowest BCUT2D eigenvalue weighted by atomic mass is 10.4. The van der Waals surface area contributed by atoms with E-state index in [0.29, 0.717) is 13.1 Å². The molecule has 0 aliphatic rings. The third-order valence-corrected chi connectivity index (χ3v) is 3.60. The lowest BCUT2D eigenvalue weighted by Crippen LogP contribution is -2.39. The fraction of sp³-hybridized carbons (Fsp3) is 0.636. The van der Waals surface area contributed by atoms with Gasteiger partial charge in [0.2, 0.25) is 0 Å². The molecule has 1 heterocycles. The lowest BCUT2D eigenvalue weighted by Gasteiger charge is -2.16. The molecule has 0 aromatic carbocycles. The monoisotopic (exact) mass is 257 g/mol. The second-order valence-electron chi connectivity index (χ2n) is 3.88. The summed E-state index contributed by atoms with van der Waals surface area (Å²) >= 11 is 1.67. The van der Waals surface area contributed by atoms with Gasteiger partial charge in [-0.1, -0.05) is 0 Å². The molecule has 96 valence electrons. The van der Waals surface area contributed by atoms with E-state index in [2.05, 4.69) is 10.3 Å². The Balaban J connectivity index is 2.30. The normalized spacial score (nSPS) is 10.4. The highest BCUT2D eigenvalue weighted by Crippen LogP contribution is 2.16. The first kappa shape index (κ1) is 13.9. The number of aliphatic hydroxyl groups is 1. The number of carbonyl (C=O) groups is 1. The van der Waals surface area contributed by atoms with E-state index in [1.807, 2.05) is 13.8 Å². The average Bonchev–Trinajstić information content (AvgIpc) is 2.58. The van der Waals surface area contributed by atoms with Crippen molar-refractivity contribution in [2.24, 2.45) is 0 Å². The van der Waals surface area contributed by atoms with Crippen LogP contribution in [0.15, 0.2) is 0 Å². The van der Waals surface area contributed by atoms with Gasteiger partial charge in [0.25, 0.3) is 0 Å². The number of aliphatic hydroxyl groups excluding tert-OH is 1. The summed E-state index contributed by atoms with van der Waals surface area (Å²) in [5.41, 5.74) is 1.06. The number of likely N-dealkylation sites (N-methyl/N-ethyl adjacent to an activating group) is 1. The van der Waals surface area contributed by atoms with Crippen LogP contribution in [0.3, 0.4) is 0 Å². The van der Waals surface area contributed by atoms with E-state index in [4.69, 9.17) is 5.11 Å². The topological polar surface area (TPSA) is 65.5 Å². The van der Waals surface area contributed by atoms with E-state index in [9.17, 15) is 4.79 Å². The smallest absolute Gasteiger partial charge is 0.317 e. The molecule has 0 saturated heterocycles. The van der Waals surface area contributed by atoms with Crippen molar-refractivity contribution in [1.29, 1.82) is 0 Å². The molecular formula is C11H19N3O2S. The van der Waals surface area contributed by atoms with Gasteiger partial charge in [0.15, 0.2) is 0 Å². The zero-order valence-electron chi connectivity index (χ0n) is 10.5. The highest BCUT2D eigenvalue weighted by Gasteiger charge is 2.08. The molecule has 0 bridgehead atoms. The average molecular weight is 257 g/mol. The van der Waals surface area contributed by atoms with Gasteiger partial charge in [0.1, 0.15) is 0 Å². The molecule has 2 amide bonds. The van der Waals surface area contributed by atoms with E-state index in [1.165, 1.54) is 9.78 Å². The zero-order chi connectivity index (χ0) is 12.8. The van der Waals surface area contributed by atoms with Crippen LogP contribution in [0.4, 0.5) is 4.79 Å². The van der Waals surface area contributed by atoms with Crippen molar-refractivity contribution in [2.75, 3.05) is 26.7 Å². The molecule has 0 spiro atoms. The first-order valence-electron chi connectivity index (χ1n) is 5.57. The number of nitrogens with zero attached hydrogens (tertiary/aromatic N) is 2. The minimum atomic E-state index is -0.163. The maximum absolute atomic E-state index is 11.5. The number of hydrogen-bond acceptors (Lipinski definition) is 4. The zero-order valence-corrected chi connectivity index (χ0v) is 11.3. The Kier molecular flexibility index (Phi) is 5.37. The number of amides is 2. The largest absolute Gasteiger partial charge is 0.395 e. The van der Waals surface area contributed by atoms with Gasteiger partial charge in [-0.15, -0.1) is 11.3 Å². The maximum Gasteiger partial charge on any atom is 0.317 e. The maximum atomic E-state index is 11.5. The SMILES string of the molecule is Cc1nc(CCNC(=O)N(C)CCO)sc1C. The van der Waals surface area contributed by atoms with Crippen molar-refractivity contribution < 1.29 is 9.90 Å². The van der Waals surface area contributed by atoms with Crippen LogP contribution in [0, 0.1) is 13.8 Å². The summed E-state index contributed by atoms with van der Waals surface area (Å²) in [6.07, 6.45) is 0.748. The molecule has 1 aromatic rings. The van der Waals surface area contributed by atoms with Crippen molar-refractivity contribution >= 4 is 17.4 Å². The molecule has 17 heavy (non-hydrogen) atoms. The van der Waals surface area contributed by atoms with Crippen molar-refractivity contribution in [1.82, 2.24) is 15.2 Å². The molecule has 0 aliphatic carbocycles. The van der Waals surface area contributed by atoms with E-state index in [0.717, 1.165) is 17.1 Å². The highest BCUT2D eigenvalue weighted by atomic mass is 32.1. The summed E-state index contributed by atoms with van der Waals surface area (Å²) in [5.74, 6) is 0. The molecule has 5 nitrogen and oxygen atoms in total. The van der Waals surface area contributed by atoms with Crippen molar-refractivity contribution in [3.05, 3.63) is 15.6 Å². The van der Waals surface area contributed by atoms with Crippen LogP contribution >= 0.6 is 11.3 Å². The molecule has 0 saturated carbocycles. The van der Waals surface area contributed by atoms with Crippen LogP contribution in [0.25, 0.3) is 0 Å².